The predicted octanol–water partition coefficient (Wildman–Crippen LogP) is 1.53. The van der Waals surface area contributed by atoms with E-state index in [1.54, 1.807) is 17.0 Å². The first-order valence-electron chi connectivity index (χ1n) is 8.44. The highest BCUT2D eigenvalue weighted by molar-refractivity contribution is 5.96. The molecule has 2 amide bonds. The minimum Gasteiger partial charge on any atom is -0.355 e. The van der Waals surface area contributed by atoms with Gasteiger partial charge in [-0.3, -0.25) is 9.59 Å². The number of aromatic nitrogens is 2. The average molecular weight is 357 g/mol. The lowest BCUT2D eigenvalue weighted by Gasteiger charge is -2.34. The van der Waals surface area contributed by atoms with Crippen molar-refractivity contribution in [2.45, 2.75) is 13.5 Å². The van der Waals surface area contributed by atoms with Crippen LogP contribution in [0.1, 0.15) is 22.8 Å². The van der Waals surface area contributed by atoms with Crippen LogP contribution in [0.5, 0.6) is 0 Å². The van der Waals surface area contributed by atoms with E-state index in [1.165, 1.54) is 29.4 Å². The third kappa shape index (κ3) is 4.14. The van der Waals surface area contributed by atoms with E-state index in [4.69, 9.17) is 0 Å². The Hall–Kier alpha value is -3.03. The van der Waals surface area contributed by atoms with E-state index in [0.717, 1.165) is 5.56 Å². The smallest absolute Gasteiger partial charge is 0.257 e. The number of amides is 2. The Morgan fingerprint density at radius 3 is 2.50 bits per heavy atom. The van der Waals surface area contributed by atoms with Gasteiger partial charge >= 0.3 is 0 Å². The van der Waals surface area contributed by atoms with Gasteiger partial charge in [-0.25, -0.2) is 14.4 Å². The summed E-state index contributed by atoms with van der Waals surface area (Å²) in [4.78, 5) is 36.2. The van der Waals surface area contributed by atoms with Crippen LogP contribution in [-0.4, -0.2) is 57.8 Å². The Balaban J connectivity index is 1.59. The molecular formula is C18H20FN5O2. The number of carbonyl (C=O) groups is 2. The van der Waals surface area contributed by atoms with Crippen LogP contribution in [0, 0.1) is 5.82 Å². The highest BCUT2D eigenvalue weighted by Gasteiger charge is 2.28. The van der Waals surface area contributed by atoms with Crippen LogP contribution < -0.4 is 5.32 Å². The van der Waals surface area contributed by atoms with Crippen LogP contribution in [0.25, 0.3) is 0 Å². The monoisotopic (exact) mass is 357 g/mol. The molecule has 0 aliphatic carbocycles. The maximum atomic E-state index is 13.0. The molecule has 1 aromatic heterocycles. The molecule has 1 aromatic carbocycles. The highest BCUT2D eigenvalue weighted by Crippen LogP contribution is 2.13. The van der Waals surface area contributed by atoms with Gasteiger partial charge in [-0.05, 0) is 24.6 Å². The minimum absolute atomic E-state index is 0.00892. The number of carbonyl (C=O) groups excluding carboxylic acids is 2. The second-order valence-corrected chi connectivity index (χ2v) is 5.99. The summed E-state index contributed by atoms with van der Waals surface area (Å²) in [5.41, 5.74) is 1.21. The zero-order valence-electron chi connectivity index (χ0n) is 14.5. The van der Waals surface area contributed by atoms with Gasteiger partial charge < -0.3 is 15.1 Å². The lowest BCUT2D eigenvalue weighted by molar-refractivity contribution is -0.135. The molecule has 2 heterocycles. The molecule has 2 aromatic rings. The molecule has 1 aliphatic rings. The van der Waals surface area contributed by atoms with Crippen molar-refractivity contribution in [1.29, 1.82) is 0 Å². The van der Waals surface area contributed by atoms with E-state index in [-0.39, 0.29) is 24.2 Å². The van der Waals surface area contributed by atoms with Gasteiger partial charge in [-0.2, -0.15) is 0 Å². The number of nitrogens with zero attached hydrogens (tertiary/aromatic N) is 4. The fourth-order valence-corrected chi connectivity index (χ4v) is 2.73. The summed E-state index contributed by atoms with van der Waals surface area (Å²) in [7, 11) is 0. The molecule has 0 bridgehead atoms. The molecule has 0 spiro atoms. The quantitative estimate of drug-likeness (QED) is 0.878. The number of halogens is 1. The molecule has 8 heteroatoms. The average Bonchev–Trinajstić information content (AvgIpc) is 2.65. The summed E-state index contributed by atoms with van der Waals surface area (Å²) in [6.07, 6.45) is 2.92. The zero-order valence-corrected chi connectivity index (χ0v) is 14.5. The van der Waals surface area contributed by atoms with Gasteiger partial charge in [0.2, 0.25) is 11.9 Å². The van der Waals surface area contributed by atoms with Gasteiger partial charge in [0.1, 0.15) is 12.4 Å². The largest absolute Gasteiger partial charge is 0.355 e. The second-order valence-electron chi connectivity index (χ2n) is 5.99. The summed E-state index contributed by atoms with van der Waals surface area (Å²) < 4.78 is 13.0. The van der Waals surface area contributed by atoms with E-state index >= 15 is 0 Å². The standard InChI is InChI=1S/C18H20FN5O2/c1-2-20-18-21-9-14(10-22-18)17(26)24-8-7-23(16(25)12-24)11-13-3-5-15(19)6-4-13/h3-6,9-10H,2,7-8,11-12H2,1H3,(H,20,21,22). The molecule has 0 atom stereocenters. The van der Waals surface area contributed by atoms with Crippen molar-refractivity contribution >= 4 is 17.8 Å². The first kappa shape index (κ1) is 17.8. The summed E-state index contributed by atoms with van der Waals surface area (Å²) in [6.45, 7) is 3.90. The molecule has 0 radical (unpaired) electrons. The first-order valence-corrected chi connectivity index (χ1v) is 8.44. The SMILES string of the molecule is CCNc1ncc(C(=O)N2CCN(Cc3ccc(F)cc3)C(=O)C2)cn1. The second kappa shape index (κ2) is 7.90. The van der Waals surface area contributed by atoms with Gasteiger partial charge in [0.15, 0.2) is 0 Å². The van der Waals surface area contributed by atoms with Crippen LogP contribution in [0.4, 0.5) is 10.3 Å². The molecule has 1 fully saturated rings. The van der Waals surface area contributed by atoms with Crippen molar-refractivity contribution in [3.63, 3.8) is 0 Å². The third-order valence-electron chi connectivity index (χ3n) is 4.13. The Labute approximate surface area is 150 Å². The van der Waals surface area contributed by atoms with Crippen LogP contribution >= 0.6 is 0 Å². The number of hydrogen-bond donors (Lipinski definition) is 1. The predicted molar refractivity (Wildman–Crippen MR) is 93.9 cm³/mol. The Bertz CT molecular complexity index is 779. The molecule has 0 saturated carbocycles. The van der Waals surface area contributed by atoms with Crippen LogP contribution in [0.2, 0.25) is 0 Å². The summed E-state index contributed by atoms with van der Waals surface area (Å²) >= 11 is 0. The van der Waals surface area contributed by atoms with Crippen molar-refractivity contribution in [3.8, 4) is 0 Å². The number of hydrogen-bond acceptors (Lipinski definition) is 5. The molecule has 1 N–H and O–H groups in total. The minimum atomic E-state index is -0.308. The summed E-state index contributed by atoms with van der Waals surface area (Å²) in [5, 5.41) is 2.96. The molecule has 0 unspecified atom stereocenters. The fraction of sp³-hybridized carbons (Fsp3) is 0.333. The highest BCUT2D eigenvalue weighted by atomic mass is 19.1. The van der Waals surface area contributed by atoms with Crippen molar-refractivity contribution in [1.82, 2.24) is 19.8 Å². The normalized spacial score (nSPS) is 14.5. The van der Waals surface area contributed by atoms with Crippen molar-refractivity contribution in [3.05, 3.63) is 53.6 Å². The van der Waals surface area contributed by atoms with Crippen molar-refractivity contribution < 1.29 is 14.0 Å². The van der Waals surface area contributed by atoms with Crippen LogP contribution in [0.15, 0.2) is 36.7 Å². The van der Waals surface area contributed by atoms with Crippen molar-refractivity contribution in [2.24, 2.45) is 0 Å². The van der Waals surface area contributed by atoms with Gasteiger partial charge in [0, 0.05) is 38.6 Å². The number of nitrogens with one attached hydrogen (secondary N) is 1. The van der Waals surface area contributed by atoms with Crippen LogP contribution in [0.3, 0.4) is 0 Å². The Morgan fingerprint density at radius 1 is 1.19 bits per heavy atom. The van der Waals surface area contributed by atoms with E-state index < -0.39 is 0 Å². The van der Waals surface area contributed by atoms with E-state index in [9.17, 15) is 14.0 Å². The summed E-state index contributed by atoms with van der Waals surface area (Å²) in [6, 6.07) is 6.06. The van der Waals surface area contributed by atoms with E-state index in [0.29, 0.717) is 37.7 Å². The molecule has 3 rings (SSSR count). The summed E-state index contributed by atoms with van der Waals surface area (Å²) in [5.74, 6) is -0.246. The van der Waals surface area contributed by atoms with Gasteiger partial charge in [0.25, 0.3) is 5.91 Å². The molecule has 136 valence electrons. The van der Waals surface area contributed by atoms with Gasteiger partial charge in [-0.15, -0.1) is 0 Å². The number of rotatable bonds is 5. The van der Waals surface area contributed by atoms with Gasteiger partial charge in [0.05, 0.1) is 5.56 Å². The topological polar surface area (TPSA) is 78.4 Å². The van der Waals surface area contributed by atoms with Crippen molar-refractivity contribution in [2.75, 3.05) is 31.5 Å². The molecule has 1 aliphatic heterocycles. The molecule has 1 saturated heterocycles. The molecular weight excluding hydrogens is 337 g/mol. The van der Waals surface area contributed by atoms with Crippen LogP contribution in [-0.2, 0) is 11.3 Å². The molecule has 26 heavy (non-hydrogen) atoms. The maximum absolute atomic E-state index is 13.0. The van der Waals surface area contributed by atoms with E-state index in [2.05, 4.69) is 15.3 Å². The Kier molecular flexibility index (Phi) is 5.40. The van der Waals surface area contributed by atoms with E-state index in [1.807, 2.05) is 6.92 Å². The van der Waals surface area contributed by atoms with Gasteiger partial charge in [-0.1, -0.05) is 12.1 Å². The zero-order chi connectivity index (χ0) is 18.5. The number of benzene rings is 1. The number of anilines is 1. The maximum Gasteiger partial charge on any atom is 0.257 e. The Morgan fingerprint density at radius 2 is 1.88 bits per heavy atom. The molecule has 7 nitrogen and oxygen atoms in total. The fourth-order valence-electron chi connectivity index (χ4n) is 2.73. The third-order valence-corrected chi connectivity index (χ3v) is 4.13. The lowest BCUT2D eigenvalue weighted by atomic mass is 10.2. The first-order chi connectivity index (χ1) is 12.6. The number of piperazine rings is 1. The lowest BCUT2D eigenvalue weighted by Crippen LogP contribution is -2.51.